The van der Waals surface area contributed by atoms with Gasteiger partial charge in [0.1, 0.15) is 12.6 Å². The maximum atomic E-state index is 12.8. The Morgan fingerprint density at radius 1 is 1.31 bits per heavy atom. The molecule has 0 aliphatic rings. The van der Waals surface area contributed by atoms with E-state index in [2.05, 4.69) is 0 Å². The highest BCUT2D eigenvalue weighted by Crippen LogP contribution is 2.26. The lowest BCUT2D eigenvalue weighted by atomic mass is 10.1. The molecule has 16 heavy (non-hydrogen) atoms. The van der Waals surface area contributed by atoms with Crippen LogP contribution in [0.15, 0.2) is 12.3 Å². The summed E-state index contributed by atoms with van der Waals surface area (Å²) in [6.45, 7) is 0. The van der Waals surface area contributed by atoms with Crippen LogP contribution in [-0.2, 0) is 7.05 Å². The molecule has 0 bridgehead atoms. The molecule has 0 fully saturated rings. The van der Waals surface area contributed by atoms with Gasteiger partial charge in [0, 0.05) is 6.07 Å². The van der Waals surface area contributed by atoms with Crippen molar-refractivity contribution in [2.45, 2.75) is 6.43 Å². The van der Waals surface area contributed by atoms with Crippen LogP contribution < -0.4 is 4.57 Å². The number of halogens is 4. The predicted octanol–water partition coefficient (Wildman–Crippen LogP) is 2.21. The number of aromatic nitrogens is 1. The van der Waals surface area contributed by atoms with Crippen LogP contribution in [-0.4, -0.2) is 10.5 Å². The summed E-state index contributed by atoms with van der Waals surface area (Å²) >= 11 is 10.3. The molecule has 0 N–H and O–H groups in total. The maximum absolute atomic E-state index is 12.8. The smallest absolute Gasteiger partial charge is 0.276 e. The lowest BCUT2D eigenvalue weighted by Crippen LogP contribution is -2.37. The fourth-order valence-corrected chi connectivity index (χ4v) is 1.70. The van der Waals surface area contributed by atoms with Gasteiger partial charge in [-0.15, -0.1) is 0 Å². The Hall–Kier alpha value is -1.07. The molecule has 1 heterocycles. The molecule has 0 atom stereocenters. The van der Waals surface area contributed by atoms with Crippen LogP contribution in [0.1, 0.15) is 32.8 Å². The van der Waals surface area contributed by atoms with Gasteiger partial charge in [0.05, 0.1) is 5.56 Å². The fraction of sp³-hybridized carbons (Fsp3) is 0.222. The van der Waals surface area contributed by atoms with E-state index in [0.29, 0.717) is 0 Å². The normalized spacial score (nSPS) is 10.6. The zero-order valence-corrected chi connectivity index (χ0v) is 9.52. The Bertz CT molecular complexity index is 463. The van der Waals surface area contributed by atoms with E-state index >= 15 is 0 Å². The van der Waals surface area contributed by atoms with Gasteiger partial charge in [-0.3, -0.25) is 9.59 Å². The van der Waals surface area contributed by atoms with Gasteiger partial charge in [0.2, 0.25) is 0 Å². The minimum atomic E-state index is -3.01. The van der Waals surface area contributed by atoms with Gasteiger partial charge < -0.3 is 0 Å². The van der Waals surface area contributed by atoms with E-state index in [1.807, 2.05) is 0 Å². The minimum Gasteiger partial charge on any atom is -0.276 e. The molecule has 7 heteroatoms. The molecule has 86 valence electrons. The standard InChI is InChI=1S/C9H6Cl2F2NO2/c1-14-3-2-4(7(10)15)5(9(12)13)6(14)8(11)16/h2-3,9H,1H3/q+1. The predicted molar refractivity (Wildman–Crippen MR) is 52.9 cm³/mol. The second-order valence-electron chi connectivity index (χ2n) is 2.95. The van der Waals surface area contributed by atoms with Crippen LogP contribution >= 0.6 is 23.2 Å². The summed E-state index contributed by atoms with van der Waals surface area (Å²) in [6.07, 6.45) is -1.75. The molecule has 3 nitrogen and oxygen atoms in total. The van der Waals surface area contributed by atoms with Crippen molar-refractivity contribution >= 4 is 33.7 Å². The van der Waals surface area contributed by atoms with E-state index in [1.54, 1.807) is 0 Å². The van der Waals surface area contributed by atoms with E-state index in [9.17, 15) is 18.4 Å². The summed E-state index contributed by atoms with van der Waals surface area (Å²) in [5.41, 5.74) is -1.60. The van der Waals surface area contributed by atoms with Crippen molar-refractivity contribution in [3.05, 3.63) is 29.1 Å². The molecule has 0 saturated heterocycles. The number of pyridine rings is 1. The molecule has 1 aromatic heterocycles. The number of aryl methyl sites for hydroxylation is 1. The Morgan fingerprint density at radius 3 is 2.25 bits per heavy atom. The van der Waals surface area contributed by atoms with Crippen molar-refractivity contribution in [3.8, 4) is 0 Å². The molecular formula is C9H6Cl2F2NO2+. The molecule has 0 saturated carbocycles. The first kappa shape index (κ1) is 13.0. The highest BCUT2D eigenvalue weighted by molar-refractivity contribution is 6.69. The summed E-state index contributed by atoms with van der Waals surface area (Å²) in [5, 5.41) is -2.13. The van der Waals surface area contributed by atoms with Crippen molar-refractivity contribution in [2.24, 2.45) is 7.05 Å². The minimum absolute atomic E-state index is 0.418. The monoisotopic (exact) mass is 268 g/mol. The quantitative estimate of drug-likeness (QED) is 0.623. The first-order chi connectivity index (χ1) is 7.36. The second-order valence-corrected chi connectivity index (χ2v) is 3.64. The van der Waals surface area contributed by atoms with Gasteiger partial charge in [0.15, 0.2) is 6.20 Å². The van der Waals surface area contributed by atoms with Crippen molar-refractivity contribution in [1.82, 2.24) is 0 Å². The SMILES string of the molecule is C[n+]1ccc(C(=O)Cl)c(C(F)F)c1C(=O)Cl. The molecule has 0 aliphatic carbocycles. The van der Waals surface area contributed by atoms with E-state index < -0.39 is 33.7 Å². The summed E-state index contributed by atoms with van der Waals surface area (Å²) in [5.74, 6) is 0. The van der Waals surface area contributed by atoms with Crippen molar-refractivity contribution < 1.29 is 22.9 Å². The third kappa shape index (κ3) is 2.36. The van der Waals surface area contributed by atoms with Gasteiger partial charge in [-0.2, -0.15) is 4.57 Å². The zero-order chi connectivity index (χ0) is 12.5. The molecular weight excluding hydrogens is 263 g/mol. The Morgan fingerprint density at radius 2 is 1.88 bits per heavy atom. The van der Waals surface area contributed by atoms with Crippen LogP contribution in [0.3, 0.4) is 0 Å². The molecule has 1 aromatic rings. The summed E-state index contributed by atoms with van der Waals surface area (Å²) in [4.78, 5) is 21.9. The molecule has 0 radical (unpaired) electrons. The van der Waals surface area contributed by atoms with E-state index in [1.165, 1.54) is 13.2 Å². The number of hydrogen-bond acceptors (Lipinski definition) is 2. The molecule has 0 amide bonds. The highest BCUT2D eigenvalue weighted by Gasteiger charge is 2.31. The maximum Gasteiger partial charge on any atom is 0.317 e. The van der Waals surface area contributed by atoms with Crippen molar-refractivity contribution in [2.75, 3.05) is 0 Å². The summed E-state index contributed by atoms with van der Waals surface area (Å²) < 4.78 is 26.6. The third-order valence-corrected chi connectivity index (χ3v) is 2.36. The van der Waals surface area contributed by atoms with Crippen LogP contribution in [0.2, 0.25) is 0 Å². The van der Waals surface area contributed by atoms with E-state index in [0.717, 1.165) is 10.6 Å². The summed E-state index contributed by atoms with van der Waals surface area (Å²) in [7, 11) is 1.37. The molecule has 0 aliphatic heterocycles. The molecule has 0 spiro atoms. The third-order valence-electron chi connectivity index (χ3n) is 1.98. The topological polar surface area (TPSA) is 38.0 Å². The highest BCUT2D eigenvalue weighted by atomic mass is 35.5. The summed E-state index contributed by atoms with van der Waals surface area (Å²) in [6, 6.07) is 1.11. The van der Waals surface area contributed by atoms with Gasteiger partial charge in [-0.25, -0.2) is 8.78 Å². The first-order valence-electron chi connectivity index (χ1n) is 4.06. The Labute approximate surface area is 99.6 Å². The lowest BCUT2D eigenvalue weighted by molar-refractivity contribution is -0.673. The largest absolute Gasteiger partial charge is 0.317 e. The van der Waals surface area contributed by atoms with Gasteiger partial charge in [-0.1, -0.05) is 0 Å². The molecule has 0 unspecified atom stereocenters. The van der Waals surface area contributed by atoms with Gasteiger partial charge in [0.25, 0.3) is 17.4 Å². The Balaban J connectivity index is 3.63. The average Bonchev–Trinajstić information content (AvgIpc) is 2.15. The Kier molecular flexibility index (Phi) is 3.93. The second kappa shape index (κ2) is 4.84. The fourth-order valence-electron chi connectivity index (χ4n) is 1.31. The molecule has 0 aromatic carbocycles. The number of nitrogens with zero attached hydrogens (tertiary/aromatic N) is 1. The number of rotatable bonds is 3. The lowest BCUT2D eigenvalue weighted by Gasteiger charge is -2.06. The number of hydrogen-bond donors (Lipinski definition) is 0. The number of carbonyl (C=O) groups is 2. The number of alkyl halides is 2. The van der Waals surface area contributed by atoms with E-state index in [-0.39, 0.29) is 0 Å². The van der Waals surface area contributed by atoms with Crippen molar-refractivity contribution in [3.63, 3.8) is 0 Å². The average molecular weight is 269 g/mol. The van der Waals surface area contributed by atoms with Crippen LogP contribution in [0.4, 0.5) is 8.78 Å². The number of carbonyl (C=O) groups excluding carboxylic acids is 2. The van der Waals surface area contributed by atoms with Crippen LogP contribution in [0, 0.1) is 0 Å². The zero-order valence-electron chi connectivity index (χ0n) is 8.01. The van der Waals surface area contributed by atoms with Crippen molar-refractivity contribution in [1.29, 1.82) is 0 Å². The van der Waals surface area contributed by atoms with Gasteiger partial charge in [-0.05, 0) is 23.2 Å². The molecule has 1 rings (SSSR count). The first-order valence-corrected chi connectivity index (χ1v) is 4.82. The van der Waals surface area contributed by atoms with E-state index in [4.69, 9.17) is 23.2 Å². The van der Waals surface area contributed by atoms with Crippen LogP contribution in [0.5, 0.6) is 0 Å². The van der Waals surface area contributed by atoms with Crippen LogP contribution in [0.25, 0.3) is 0 Å². The van der Waals surface area contributed by atoms with Gasteiger partial charge >= 0.3 is 5.24 Å².